The van der Waals surface area contributed by atoms with E-state index >= 15 is 0 Å². The molecule has 0 aliphatic rings. The van der Waals surface area contributed by atoms with Crippen LogP contribution in [0.5, 0.6) is 0 Å². The van der Waals surface area contributed by atoms with Crippen molar-refractivity contribution in [3.8, 4) is 6.07 Å². The maximum Gasteiger partial charge on any atom is 0.290 e. The van der Waals surface area contributed by atoms with Gasteiger partial charge < -0.3 is 0 Å². The van der Waals surface area contributed by atoms with Gasteiger partial charge in [-0.2, -0.15) is 10.4 Å². The van der Waals surface area contributed by atoms with E-state index in [1.54, 1.807) is 48.5 Å². The fourth-order valence-electron chi connectivity index (χ4n) is 3.52. The first-order valence-corrected chi connectivity index (χ1v) is 10.7. The van der Waals surface area contributed by atoms with E-state index in [0.29, 0.717) is 22.8 Å². The quantitative estimate of drug-likeness (QED) is 0.437. The highest BCUT2D eigenvalue weighted by Gasteiger charge is 2.17. The van der Waals surface area contributed by atoms with Crippen LogP contribution in [0.1, 0.15) is 33.6 Å². The number of hydrogen-bond acceptors (Lipinski definition) is 5. The number of hydrazine groups is 1. The summed E-state index contributed by atoms with van der Waals surface area (Å²) in [5.74, 6) is -0.996. The summed E-state index contributed by atoms with van der Waals surface area (Å²) in [4.78, 5) is 38.1. The first kappa shape index (κ1) is 22.4. The Morgan fingerprint density at radius 3 is 2.24 bits per heavy atom. The topological polar surface area (TPSA) is 117 Å². The lowest BCUT2D eigenvalue weighted by Crippen LogP contribution is -2.43. The van der Waals surface area contributed by atoms with Gasteiger partial charge in [-0.15, -0.1) is 0 Å². The van der Waals surface area contributed by atoms with Crippen molar-refractivity contribution in [2.75, 3.05) is 0 Å². The number of carbonyl (C=O) groups excluding carboxylic acids is 2. The van der Waals surface area contributed by atoms with E-state index in [1.165, 1.54) is 4.68 Å². The summed E-state index contributed by atoms with van der Waals surface area (Å²) in [6.07, 6.45) is 0.602. The predicted octanol–water partition coefficient (Wildman–Crippen LogP) is 2.71. The maximum absolute atomic E-state index is 12.9. The van der Waals surface area contributed by atoms with E-state index in [-0.39, 0.29) is 30.1 Å². The Balaban J connectivity index is 1.48. The van der Waals surface area contributed by atoms with Crippen LogP contribution in [0.15, 0.2) is 83.7 Å². The standard InChI is InChI=1S/C26H21N5O3/c27-16-19-12-10-18(11-13-19)14-15-23(32)28-29-25(33)24-21-8-4-5-9-22(21)26(34)31(30-24)17-20-6-2-1-3-7-20/h1-13H,14-15,17H2,(H,28,32)(H,29,33). The molecule has 1 aromatic heterocycles. The highest BCUT2D eigenvalue weighted by atomic mass is 16.2. The highest BCUT2D eigenvalue weighted by Crippen LogP contribution is 2.14. The summed E-state index contributed by atoms with van der Waals surface area (Å²) in [5.41, 5.74) is 6.86. The zero-order valence-corrected chi connectivity index (χ0v) is 18.2. The fourth-order valence-corrected chi connectivity index (χ4v) is 3.52. The molecule has 3 aromatic carbocycles. The first-order chi connectivity index (χ1) is 16.5. The van der Waals surface area contributed by atoms with Gasteiger partial charge in [0.25, 0.3) is 11.5 Å². The van der Waals surface area contributed by atoms with Crippen LogP contribution in [0.25, 0.3) is 10.8 Å². The molecule has 168 valence electrons. The van der Waals surface area contributed by atoms with Crippen molar-refractivity contribution >= 4 is 22.6 Å². The number of aromatic nitrogens is 2. The van der Waals surface area contributed by atoms with Gasteiger partial charge in [-0.25, -0.2) is 4.68 Å². The molecule has 4 aromatic rings. The minimum absolute atomic E-state index is 0.0403. The van der Waals surface area contributed by atoms with Gasteiger partial charge in [0.1, 0.15) is 0 Å². The molecule has 2 amide bonds. The van der Waals surface area contributed by atoms with E-state index in [9.17, 15) is 14.4 Å². The second-order valence-electron chi connectivity index (χ2n) is 7.65. The molecule has 0 fully saturated rings. The van der Waals surface area contributed by atoms with Gasteiger partial charge in [0.2, 0.25) is 5.91 Å². The van der Waals surface area contributed by atoms with Crippen LogP contribution in [0.4, 0.5) is 0 Å². The summed E-state index contributed by atoms with van der Waals surface area (Å²) in [6.45, 7) is 0.210. The lowest BCUT2D eigenvalue weighted by Gasteiger charge is -2.12. The van der Waals surface area contributed by atoms with Crippen molar-refractivity contribution in [2.24, 2.45) is 0 Å². The zero-order valence-electron chi connectivity index (χ0n) is 18.2. The SMILES string of the molecule is N#Cc1ccc(CCC(=O)NNC(=O)c2nn(Cc3ccccc3)c(=O)c3ccccc23)cc1. The van der Waals surface area contributed by atoms with E-state index in [2.05, 4.69) is 16.0 Å². The number of nitrogens with zero attached hydrogens (tertiary/aromatic N) is 3. The fraction of sp³-hybridized carbons (Fsp3) is 0.115. The van der Waals surface area contributed by atoms with Gasteiger partial charge in [0.05, 0.1) is 23.6 Å². The highest BCUT2D eigenvalue weighted by molar-refractivity contribution is 6.05. The van der Waals surface area contributed by atoms with Gasteiger partial charge in [0, 0.05) is 11.8 Å². The van der Waals surface area contributed by atoms with Crippen molar-refractivity contribution in [2.45, 2.75) is 19.4 Å². The van der Waals surface area contributed by atoms with Crippen LogP contribution < -0.4 is 16.4 Å². The number of aryl methyl sites for hydroxylation is 1. The minimum Gasteiger partial charge on any atom is -0.273 e. The van der Waals surface area contributed by atoms with Crippen LogP contribution in [0, 0.1) is 11.3 Å². The molecule has 4 rings (SSSR count). The predicted molar refractivity (Wildman–Crippen MR) is 127 cm³/mol. The number of carbonyl (C=O) groups is 2. The Labute approximate surface area is 195 Å². The summed E-state index contributed by atoms with van der Waals surface area (Å²) >= 11 is 0. The second-order valence-corrected chi connectivity index (χ2v) is 7.65. The van der Waals surface area contributed by atoms with Crippen molar-refractivity contribution in [1.29, 1.82) is 5.26 Å². The summed E-state index contributed by atoms with van der Waals surface area (Å²) in [6, 6.07) is 25.1. The maximum atomic E-state index is 12.9. The molecule has 34 heavy (non-hydrogen) atoms. The van der Waals surface area contributed by atoms with Crippen molar-refractivity contribution < 1.29 is 9.59 Å². The smallest absolute Gasteiger partial charge is 0.273 e. The van der Waals surface area contributed by atoms with Crippen molar-refractivity contribution in [3.63, 3.8) is 0 Å². The second kappa shape index (κ2) is 10.2. The third-order valence-corrected chi connectivity index (χ3v) is 5.30. The molecule has 0 saturated carbocycles. The van der Waals surface area contributed by atoms with Crippen molar-refractivity contribution in [1.82, 2.24) is 20.6 Å². The molecule has 8 heteroatoms. The average molecular weight is 451 g/mol. The van der Waals surface area contributed by atoms with Crippen LogP contribution in [-0.2, 0) is 17.8 Å². The Bertz CT molecular complexity index is 1440. The van der Waals surface area contributed by atoms with Crippen LogP contribution >= 0.6 is 0 Å². The molecule has 1 heterocycles. The molecule has 0 saturated heterocycles. The molecule has 0 spiro atoms. The number of nitrogens with one attached hydrogen (secondary N) is 2. The van der Waals surface area contributed by atoms with E-state index < -0.39 is 5.91 Å². The lowest BCUT2D eigenvalue weighted by atomic mass is 10.1. The van der Waals surface area contributed by atoms with Gasteiger partial charge >= 0.3 is 0 Å². The van der Waals surface area contributed by atoms with Crippen LogP contribution in [0.2, 0.25) is 0 Å². The number of amides is 2. The molecule has 8 nitrogen and oxygen atoms in total. The Kier molecular flexibility index (Phi) is 6.75. The molecule has 0 bridgehead atoms. The third-order valence-electron chi connectivity index (χ3n) is 5.30. The van der Waals surface area contributed by atoms with E-state index in [1.807, 2.05) is 36.4 Å². The normalized spacial score (nSPS) is 10.4. The number of hydrogen-bond donors (Lipinski definition) is 2. The molecular formula is C26H21N5O3. The summed E-state index contributed by atoms with van der Waals surface area (Å²) in [7, 11) is 0. The molecule has 0 unspecified atom stereocenters. The Morgan fingerprint density at radius 1 is 0.853 bits per heavy atom. The van der Waals surface area contributed by atoms with Gasteiger partial charge in [-0.05, 0) is 35.7 Å². The molecule has 0 aliphatic heterocycles. The minimum atomic E-state index is -0.621. The van der Waals surface area contributed by atoms with Gasteiger partial charge in [0.15, 0.2) is 5.69 Å². The molecule has 2 N–H and O–H groups in total. The molecule has 0 aliphatic carbocycles. The average Bonchev–Trinajstić information content (AvgIpc) is 2.88. The summed E-state index contributed by atoms with van der Waals surface area (Å²) < 4.78 is 1.25. The van der Waals surface area contributed by atoms with Crippen LogP contribution in [-0.4, -0.2) is 21.6 Å². The number of fused-ring (bicyclic) bond motifs is 1. The Hall–Kier alpha value is -4.77. The molecule has 0 atom stereocenters. The summed E-state index contributed by atoms with van der Waals surface area (Å²) in [5, 5.41) is 13.9. The Morgan fingerprint density at radius 2 is 1.53 bits per heavy atom. The van der Waals surface area contributed by atoms with E-state index in [4.69, 9.17) is 5.26 Å². The van der Waals surface area contributed by atoms with Gasteiger partial charge in [-0.3, -0.25) is 25.2 Å². The first-order valence-electron chi connectivity index (χ1n) is 10.7. The van der Waals surface area contributed by atoms with E-state index in [0.717, 1.165) is 11.1 Å². The molecule has 0 radical (unpaired) electrons. The largest absolute Gasteiger partial charge is 0.290 e. The number of rotatable bonds is 6. The zero-order chi connectivity index (χ0) is 23.9. The number of nitriles is 1. The monoisotopic (exact) mass is 451 g/mol. The number of benzene rings is 3. The third kappa shape index (κ3) is 5.16. The van der Waals surface area contributed by atoms with Crippen LogP contribution in [0.3, 0.4) is 0 Å². The molecular weight excluding hydrogens is 430 g/mol. The van der Waals surface area contributed by atoms with Gasteiger partial charge in [-0.1, -0.05) is 60.7 Å². The lowest BCUT2D eigenvalue weighted by molar-refractivity contribution is -0.121. The van der Waals surface area contributed by atoms with Crippen molar-refractivity contribution in [3.05, 3.63) is 112 Å².